The second-order valence-electron chi connectivity index (χ2n) is 8.58. The minimum absolute atomic E-state index is 0.0344. The molecule has 1 aromatic carbocycles. The Morgan fingerprint density at radius 1 is 1.13 bits per heavy atom. The van der Waals surface area contributed by atoms with Gasteiger partial charge in [-0.05, 0) is 31.6 Å². The van der Waals surface area contributed by atoms with E-state index in [1.54, 1.807) is 12.1 Å². The number of rotatable bonds is 4. The highest BCUT2D eigenvalue weighted by Gasteiger charge is 2.69. The number of carbonyl (C=O) groups excluding carboxylic acids is 2. The van der Waals surface area contributed by atoms with Crippen LogP contribution in [0.4, 0.5) is 13.2 Å². The zero-order valence-electron chi connectivity index (χ0n) is 17.6. The lowest BCUT2D eigenvalue weighted by Crippen LogP contribution is -2.65. The Balaban J connectivity index is 1.88. The van der Waals surface area contributed by atoms with Crippen LogP contribution in [0.3, 0.4) is 0 Å². The number of methoxy groups -OCH3 is 2. The smallest absolute Gasteiger partial charge is 0.430 e. The molecule has 8 heteroatoms. The number of esters is 1. The number of hydrogen-bond donors (Lipinski definition) is 0. The summed E-state index contributed by atoms with van der Waals surface area (Å²) in [4.78, 5) is 27.7. The predicted octanol–water partition coefficient (Wildman–Crippen LogP) is 4.12. The number of alkyl halides is 3. The number of benzene rings is 1. The Morgan fingerprint density at radius 2 is 1.84 bits per heavy atom. The molecule has 0 N–H and O–H groups in total. The molecule has 0 aromatic heterocycles. The van der Waals surface area contributed by atoms with Crippen molar-refractivity contribution in [3.05, 3.63) is 47.5 Å². The monoisotopic (exact) mass is 437 g/mol. The van der Waals surface area contributed by atoms with E-state index in [4.69, 9.17) is 9.47 Å². The molecule has 1 saturated heterocycles. The topological polar surface area (TPSA) is 55.8 Å². The van der Waals surface area contributed by atoms with E-state index in [2.05, 4.69) is 0 Å². The summed E-state index contributed by atoms with van der Waals surface area (Å²) in [5.74, 6) is -1.73. The first-order valence-corrected chi connectivity index (χ1v) is 10.5. The van der Waals surface area contributed by atoms with Crippen LogP contribution >= 0.6 is 0 Å². The first-order chi connectivity index (χ1) is 14.7. The van der Waals surface area contributed by atoms with Crippen LogP contribution in [0.5, 0.6) is 0 Å². The van der Waals surface area contributed by atoms with Gasteiger partial charge in [0, 0.05) is 18.2 Å². The van der Waals surface area contributed by atoms with Crippen LogP contribution in [0.2, 0.25) is 0 Å². The van der Waals surface area contributed by atoms with Gasteiger partial charge >= 0.3 is 12.1 Å². The normalized spacial score (nSPS) is 29.6. The maximum atomic E-state index is 14.6. The zero-order valence-corrected chi connectivity index (χ0v) is 17.6. The SMILES string of the molecule is COC(=O)C1=CC[C@]23CCCCC2C[C@H]1N3C(=O)[C@](OC)(c1ccccc1)C(F)(F)F. The molecule has 2 aliphatic heterocycles. The molecule has 1 spiro atoms. The molecule has 168 valence electrons. The van der Waals surface area contributed by atoms with Gasteiger partial charge in [0.05, 0.1) is 18.7 Å². The number of halogens is 3. The van der Waals surface area contributed by atoms with E-state index in [1.807, 2.05) is 0 Å². The molecule has 2 fully saturated rings. The van der Waals surface area contributed by atoms with Gasteiger partial charge in [-0.25, -0.2) is 4.79 Å². The molecule has 1 aliphatic carbocycles. The van der Waals surface area contributed by atoms with Gasteiger partial charge in [-0.3, -0.25) is 4.79 Å². The molecule has 2 bridgehead atoms. The second-order valence-corrected chi connectivity index (χ2v) is 8.58. The third kappa shape index (κ3) is 3.02. The highest BCUT2D eigenvalue weighted by Crippen LogP contribution is 2.57. The lowest BCUT2D eigenvalue weighted by Gasteiger charge is -2.51. The summed E-state index contributed by atoms with van der Waals surface area (Å²) >= 11 is 0. The molecular weight excluding hydrogens is 411 g/mol. The van der Waals surface area contributed by atoms with E-state index in [-0.39, 0.29) is 17.1 Å². The van der Waals surface area contributed by atoms with Crippen molar-refractivity contribution in [3.63, 3.8) is 0 Å². The standard InChI is InChI=1S/C23H26F3NO4/c1-30-19(28)17-11-13-21-12-7-6-10-16(21)14-18(17)27(21)20(29)22(31-2,23(24,25)26)15-8-4-3-5-9-15/h3-5,8-9,11,16,18H,6-7,10,12-14H2,1-2H3/t16?,18-,21-,22-/m1/s1. The summed E-state index contributed by atoms with van der Waals surface area (Å²) < 4.78 is 53.8. The van der Waals surface area contributed by atoms with E-state index in [1.165, 1.54) is 36.3 Å². The molecule has 2 heterocycles. The first kappa shape index (κ1) is 21.9. The second kappa shape index (κ2) is 7.65. The Bertz CT molecular complexity index is 900. The van der Waals surface area contributed by atoms with E-state index in [9.17, 15) is 22.8 Å². The van der Waals surface area contributed by atoms with Gasteiger partial charge < -0.3 is 14.4 Å². The summed E-state index contributed by atoms with van der Waals surface area (Å²) in [6.07, 6.45) is 0.782. The number of fused-ring (bicyclic) bond motifs is 1. The molecule has 1 aromatic rings. The fourth-order valence-corrected chi connectivity index (χ4v) is 5.94. The van der Waals surface area contributed by atoms with Gasteiger partial charge in [-0.2, -0.15) is 13.2 Å². The van der Waals surface area contributed by atoms with Crippen molar-refractivity contribution < 1.29 is 32.2 Å². The molecule has 1 saturated carbocycles. The molecule has 4 atom stereocenters. The number of hydrogen-bond acceptors (Lipinski definition) is 4. The van der Waals surface area contributed by atoms with Crippen LogP contribution in [0, 0.1) is 5.92 Å². The van der Waals surface area contributed by atoms with Crippen LogP contribution in [-0.2, 0) is 24.7 Å². The van der Waals surface area contributed by atoms with E-state index in [0.717, 1.165) is 26.4 Å². The minimum Gasteiger partial charge on any atom is -0.466 e. The summed E-state index contributed by atoms with van der Waals surface area (Å²) in [6.45, 7) is 0. The molecule has 1 amide bonds. The lowest BCUT2D eigenvalue weighted by molar-refractivity contribution is -0.273. The fourth-order valence-electron chi connectivity index (χ4n) is 5.94. The van der Waals surface area contributed by atoms with Crippen molar-refractivity contribution in [1.29, 1.82) is 0 Å². The van der Waals surface area contributed by atoms with Crippen LogP contribution in [0.15, 0.2) is 42.0 Å². The maximum absolute atomic E-state index is 14.6. The van der Waals surface area contributed by atoms with Crippen molar-refractivity contribution in [2.75, 3.05) is 14.2 Å². The molecule has 1 unspecified atom stereocenters. The third-order valence-electron chi connectivity index (χ3n) is 7.33. The highest BCUT2D eigenvalue weighted by atomic mass is 19.4. The molecule has 5 nitrogen and oxygen atoms in total. The minimum atomic E-state index is -4.99. The fraction of sp³-hybridized carbons (Fsp3) is 0.565. The number of amides is 1. The molecule has 0 radical (unpaired) electrons. The third-order valence-corrected chi connectivity index (χ3v) is 7.33. The molecular formula is C23H26F3NO4. The van der Waals surface area contributed by atoms with Gasteiger partial charge in [-0.1, -0.05) is 49.2 Å². The van der Waals surface area contributed by atoms with Crippen molar-refractivity contribution in [2.45, 2.75) is 61.9 Å². The molecule has 3 aliphatic rings. The average molecular weight is 437 g/mol. The summed E-state index contributed by atoms with van der Waals surface area (Å²) in [7, 11) is 2.15. The summed E-state index contributed by atoms with van der Waals surface area (Å²) in [5, 5.41) is 0. The van der Waals surface area contributed by atoms with Crippen LogP contribution in [-0.4, -0.2) is 48.8 Å². The average Bonchev–Trinajstić information content (AvgIpc) is 2.99. The Morgan fingerprint density at radius 3 is 2.45 bits per heavy atom. The zero-order chi connectivity index (χ0) is 22.4. The Kier molecular flexibility index (Phi) is 5.40. The largest absolute Gasteiger partial charge is 0.466 e. The van der Waals surface area contributed by atoms with Crippen molar-refractivity contribution in [3.8, 4) is 0 Å². The quantitative estimate of drug-likeness (QED) is 0.665. The summed E-state index contributed by atoms with van der Waals surface area (Å²) in [6, 6.07) is 6.26. The van der Waals surface area contributed by atoms with Crippen LogP contribution < -0.4 is 0 Å². The van der Waals surface area contributed by atoms with Gasteiger partial charge in [0.25, 0.3) is 11.5 Å². The van der Waals surface area contributed by atoms with Gasteiger partial charge in [0.15, 0.2) is 0 Å². The highest BCUT2D eigenvalue weighted by molar-refractivity contribution is 5.95. The van der Waals surface area contributed by atoms with Crippen molar-refractivity contribution >= 4 is 11.9 Å². The number of carbonyl (C=O) groups is 2. The van der Waals surface area contributed by atoms with Crippen LogP contribution in [0.1, 0.15) is 44.1 Å². The number of nitrogens with zero attached hydrogens (tertiary/aromatic N) is 1. The Labute approximate surface area is 179 Å². The first-order valence-electron chi connectivity index (χ1n) is 10.5. The van der Waals surface area contributed by atoms with Crippen molar-refractivity contribution in [2.24, 2.45) is 5.92 Å². The number of ether oxygens (including phenoxy) is 2. The van der Waals surface area contributed by atoms with Gasteiger partial charge in [-0.15, -0.1) is 0 Å². The Hall–Kier alpha value is -2.35. The van der Waals surface area contributed by atoms with Gasteiger partial charge in [0.2, 0.25) is 0 Å². The van der Waals surface area contributed by atoms with Crippen molar-refractivity contribution in [1.82, 2.24) is 4.90 Å². The molecule has 31 heavy (non-hydrogen) atoms. The van der Waals surface area contributed by atoms with E-state index >= 15 is 0 Å². The molecule has 4 rings (SSSR count). The van der Waals surface area contributed by atoms with E-state index in [0.29, 0.717) is 19.3 Å². The summed E-state index contributed by atoms with van der Waals surface area (Å²) in [5.41, 5.74) is -3.89. The predicted molar refractivity (Wildman–Crippen MR) is 106 cm³/mol. The maximum Gasteiger partial charge on any atom is 0.430 e. The van der Waals surface area contributed by atoms with Gasteiger partial charge in [0.1, 0.15) is 0 Å². The lowest BCUT2D eigenvalue weighted by atomic mass is 9.71. The van der Waals surface area contributed by atoms with Crippen LogP contribution in [0.25, 0.3) is 0 Å². The van der Waals surface area contributed by atoms with E-state index < -0.39 is 35.2 Å².